The number of hydrogen-bond donors (Lipinski definition) is 1. The summed E-state index contributed by atoms with van der Waals surface area (Å²) in [5.41, 5.74) is 3.97. The average molecular weight is 306 g/mol. The third-order valence-corrected chi connectivity index (χ3v) is 4.71. The van der Waals surface area contributed by atoms with E-state index >= 15 is 0 Å². The zero-order chi connectivity index (χ0) is 15.5. The maximum absolute atomic E-state index is 5.76. The van der Waals surface area contributed by atoms with Crippen molar-refractivity contribution in [3.8, 4) is 0 Å². The molecule has 1 N–H and O–H groups in total. The number of fused-ring (bicyclic) bond motifs is 1. The molecule has 118 valence electrons. The first-order valence-electron chi connectivity index (χ1n) is 8.31. The molecule has 1 aromatic heterocycles. The van der Waals surface area contributed by atoms with Crippen LogP contribution in [-0.2, 0) is 17.7 Å². The van der Waals surface area contributed by atoms with Gasteiger partial charge < -0.3 is 9.72 Å². The first-order chi connectivity index (χ1) is 11.4. The van der Waals surface area contributed by atoms with Crippen LogP contribution in [0.25, 0.3) is 10.9 Å². The molecule has 0 bridgehead atoms. The molecule has 1 aliphatic rings. The minimum atomic E-state index is 0.433. The van der Waals surface area contributed by atoms with Crippen molar-refractivity contribution in [1.29, 1.82) is 0 Å². The molecule has 2 aromatic carbocycles. The van der Waals surface area contributed by atoms with Crippen LogP contribution in [0.5, 0.6) is 0 Å². The zero-order valence-electron chi connectivity index (χ0n) is 13.2. The van der Waals surface area contributed by atoms with Gasteiger partial charge in [-0.25, -0.2) is 0 Å². The van der Waals surface area contributed by atoms with Crippen molar-refractivity contribution < 1.29 is 4.74 Å². The molecule has 3 heteroatoms. The van der Waals surface area contributed by atoms with Gasteiger partial charge >= 0.3 is 0 Å². The molecule has 0 unspecified atom stereocenters. The SMILES string of the molecule is c1ccc(CN2CCOC[C@@H]2Cc2c[nH]c3ccccc23)cc1. The lowest BCUT2D eigenvalue weighted by molar-refractivity contribution is -0.0111. The van der Waals surface area contributed by atoms with Crippen LogP contribution in [0.3, 0.4) is 0 Å². The fourth-order valence-corrected chi connectivity index (χ4v) is 3.46. The van der Waals surface area contributed by atoms with Crippen LogP contribution in [-0.4, -0.2) is 35.7 Å². The van der Waals surface area contributed by atoms with Gasteiger partial charge in [0.2, 0.25) is 0 Å². The minimum absolute atomic E-state index is 0.433. The predicted octanol–water partition coefficient (Wildman–Crippen LogP) is 3.61. The highest BCUT2D eigenvalue weighted by molar-refractivity contribution is 5.83. The van der Waals surface area contributed by atoms with Gasteiger partial charge in [0.25, 0.3) is 0 Å². The molecule has 2 heterocycles. The molecule has 0 saturated carbocycles. The smallest absolute Gasteiger partial charge is 0.0625 e. The van der Waals surface area contributed by atoms with E-state index in [0.717, 1.165) is 32.7 Å². The molecule has 1 atom stereocenters. The van der Waals surface area contributed by atoms with Crippen molar-refractivity contribution in [2.45, 2.75) is 19.0 Å². The third kappa shape index (κ3) is 3.16. The Kier molecular flexibility index (Phi) is 4.14. The van der Waals surface area contributed by atoms with Gasteiger partial charge in [0, 0.05) is 36.2 Å². The van der Waals surface area contributed by atoms with Gasteiger partial charge in [-0.05, 0) is 23.6 Å². The summed E-state index contributed by atoms with van der Waals surface area (Å²) in [7, 11) is 0. The molecule has 0 spiro atoms. The van der Waals surface area contributed by atoms with E-state index in [-0.39, 0.29) is 0 Å². The minimum Gasteiger partial charge on any atom is -0.378 e. The molecule has 1 saturated heterocycles. The monoisotopic (exact) mass is 306 g/mol. The van der Waals surface area contributed by atoms with Gasteiger partial charge in [0.1, 0.15) is 0 Å². The van der Waals surface area contributed by atoms with Crippen molar-refractivity contribution in [2.24, 2.45) is 0 Å². The number of H-pyrrole nitrogens is 1. The number of aromatic nitrogens is 1. The maximum Gasteiger partial charge on any atom is 0.0625 e. The number of aromatic amines is 1. The second-order valence-electron chi connectivity index (χ2n) is 6.25. The Labute approximate surface area is 136 Å². The predicted molar refractivity (Wildman–Crippen MR) is 93.5 cm³/mol. The number of para-hydroxylation sites is 1. The highest BCUT2D eigenvalue weighted by Gasteiger charge is 2.24. The van der Waals surface area contributed by atoms with Crippen molar-refractivity contribution >= 4 is 10.9 Å². The summed E-state index contributed by atoms with van der Waals surface area (Å²) in [5.74, 6) is 0. The van der Waals surface area contributed by atoms with Crippen LogP contribution >= 0.6 is 0 Å². The normalized spacial score (nSPS) is 19.2. The number of benzene rings is 2. The highest BCUT2D eigenvalue weighted by atomic mass is 16.5. The second-order valence-corrected chi connectivity index (χ2v) is 6.25. The number of morpholine rings is 1. The van der Waals surface area contributed by atoms with E-state index in [4.69, 9.17) is 4.74 Å². The first kappa shape index (κ1) is 14.5. The van der Waals surface area contributed by atoms with E-state index in [9.17, 15) is 0 Å². The molecule has 0 amide bonds. The maximum atomic E-state index is 5.76. The lowest BCUT2D eigenvalue weighted by atomic mass is 10.0. The van der Waals surface area contributed by atoms with Crippen molar-refractivity contribution in [3.05, 3.63) is 71.9 Å². The van der Waals surface area contributed by atoms with Crippen LogP contribution in [0.1, 0.15) is 11.1 Å². The number of rotatable bonds is 4. The lowest BCUT2D eigenvalue weighted by Gasteiger charge is -2.35. The van der Waals surface area contributed by atoms with Crippen LogP contribution in [0.15, 0.2) is 60.8 Å². The van der Waals surface area contributed by atoms with Gasteiger partial charge in [-0.2, -0.15) is 0 Å². The van der Waals surface area contributed by atoms with Crippen LogP contribution in [0.4, 0.5) is 0 Å². The summed E-state index contributed by atoms with van der Waals surface area (Å²) in [6.07, 6.45) is 3.18. The highest BCUT2D eigenvalue weighted by Crippen LogP contribution is 2.22. The number of hydrogen-bond acceptors (Lipinski definition) is 2. The summed E-state index contributed by atoms with van der Waals surface area (Å²) < 4.78 is 5.76. The summed E-state index contributed by atoms with van der Waals surface area (Å²) >= 11 is 0. The summed E-state index contributed by atoms with van der Waals surface area (Å²) in [6.45, 7) is 3.64. The van der Waals surface area contributed by atoms with E-state index in [1.807, 2.05) is 0 Å². The van der Waals surface area contributed by atoms with Crippen molar-refractivity contribution in [1.82, 2.24) is 9.88 Å². The van der Waals surface area contributed by atoms with Crippen LogP contribution in [0, 0.1) is 0 Å². The molecule has 3 nitrogen and oxygen atoms in total. The Hall–Kier alpha value is -2.10. The molecule has 3 aromatic rings. The molecule has 4 rings (SSSR count). The van der Waals surface area contributed by atoms with Gasteiger partial charge in [0.15, 0.2) is 0 Å². The van der Waals surface area contributed by atoms with Gasteiger partial charge in [0.05, 0.1) is 13.2 Å². The molecule has 1 aliphatic heterocycles. The standard InChI is InChI=1S/C20H22N2O/c1-2-6-16(7-3-1)14-22-10-11-23-15-18(22)12-17-13-21-20-9-5-4-8-19(17)20/h1-9,13,18,21H,10-12,14-15H2/t18-/m0/s1. The Balaban J connectivity index is 1.53. The average Bonchev–Trinajstić information content (AvgIpc) is 3.01. The molecule has 23 heavy (non-hydrogen) atoms. The fourth-order valence-electron chi connectivity index (χ4n) is 3.46. The Morgan fingerprint density at radius 1 is 1.04 bits per heavy atom. The number of ether oxygens (including phenoxy) is 1. The fraction of sp³-hybridized carbons (Fsp3) is 0.300. The Bertz CT molecular complexity index is 765. The molecule has 0 radical (unpaired) electrons. The van der Waals surface area contributed by atoms with Crippen molar-refractivity contribution in [2.75, 3.05) is 19.8 Å². The van der Waals surface area contributed by atoms with Crippen LogP contribution < -0.4 is 0 Å². The quantitative estimate of drug-likeness (QED) is 0.797. The molecular weight excluding hydrogens is 284 g/mol. The van der Waals surface area contributed by atoms with E-state index in [2.05, 4.69) is 70.7 Å². The van der Waals surface area contributed by atoms with E-state index in [1.54, 1.807) is 0 Å². The second kappa shape index (κ2) is 6.57. The van der Waals surface area contributed by atoms with Gasteiger partial charge in [-0.1, -0.05) is 48.5 Å². The number of nitrogens with one attached hydrogen (secondary N) is 1. The molecule has 1 fully saturated rings. The van der Waals surface area contributed by atoms with Crippen molar-refractivity contribution in [3.63, 3.8) is 0 Å². The first-order valence-corrected chi connectivity index (χ1v) is 8.31. The zero-order valence-corrected chi connectivity index (χ0v) is 13.2. The third-order valence-electron chi connectivity index (χ3n) is 4.71. The van der Waals surface area contributed by atoms with E-state index in [0.29, 0.717) is 6.04 Å². The van der Waals surface area contributed by atoms with Crippen LogP contribution in [0.2, 0.25) is 0 Å². The molecular formula is C20H22N2O. The molecule has 0 aliphatic carbocycles. The lowest BCUT2D eigenvalue weighted by Crippen LogP contribution is -2.46. The summed E-state index contributed by atoms with van der Waals surface area (Å²) in [6, 6.07) is 19.7. The van der Waals surface area contributed by atoms with E-state index < -0.39 is 0 Å². The van der Waals surface area contributed by atoms with Gasteiger partial charge in [-0.15, -0.1) is 0 Å². The topological polar surface area (TPSA) is 28.3 Å². The van der Waals surface area contributed by atoms with E-state index in [1.165, 1.54) is 22.0 Å². The Morgan fingerprint density at radius 2 is 1.87 bits per heavy atom. The summed E-state index contributed by atoms with van der Waals surface area (Å²) in [4.78, 5) is 5.94. The van der Waals surface area contributed by atoms with Gasteiger partial charge in [-0.3, -0.25) is 4.90 Å². The Morgan fingerprint density at radius 3 is 2.78 bits per heavy atom. The largest absolute Gasteiger partial charge is 0.378 e. The summed E-state index contributed by atoms with van der Waals surface area (Å²) in [5, 5.41) is 1.33. The number of nitrogens with zero attached hydrogens (tertiary/aromatic N) is 1.